The highest BCUT2D eigenvalue weighted by Crippen LogP contribution is 2.16. The molecule has 0 aliphatic carbocycles. The fourth-order valence-corrected chi connectivity index (χ4v) is 2.00. The van der Waals surface area contributed by atoms with Gasteiger partial charge in [0.25, 0.3) is 0 Å². The summed E-state index contributed by atoms with van der Waals surface area (Å²) in [5.74, 6) is 0. The molecule has 0 aliphatic heterocycles. The van der Waals surface area contributed by atoms with Crippen LogP contribution in [0, 0.1) is 13.8 Å². The Morgan fingerprint density at radius 2 is 1.78 bits per heavy atom. The Balaban J connectivity index is 2.21. The van der Waals surface area contributed by atoms with Gasteiger partial charge in [-0.1, -0.05) is 34.5 Å². The van der Waals surface area contributed by atoms with Crippen molar-refractivity contribution in [2.75, 3.05) is 0 Å². The van der Waals surface area contributed by atoms with Crippen molar-refractivity contribution in [3.8, 4) is 0 Å². The summed E-state index contributed by atoms with van der Waals surface area (Å²) >= 11 is 0. The zero-order valence-corrected chi connectivity index (χ0v) is 11.3. The van der Waals surface area contributed by atoms with Crippen LogP contribution in [0.3, 0.4) is 0 Å². The largest absolute Gasteiger partial charge is 0.384 e. The first-order valence-electron chi connectivity index (χ1n) is 6.05. The predicted molar refractivity (Wildman–Crippen MR) is 70.3 cm³/mol. The number of nitrogens with zero attached hydrogens (tertiary/aromatic N) is 3. The van der Waals surface area contributed by atoms with Gasteiger partial charge in [-0.15, -0.1) is 5.10 Å². The monoisotopic (exact) mass is 245 g/mol. The van der Waals surface area contributed by atoms with Crippen LogP contribution in [-0.2, 0) is 12.1 Å². The molecule has 0 saturated heterocycles. The number of hydrogen-bond acceptors (Lipinski definition) is 3. The molecule has 1 N–H and O–H groups in total. The summed E-state index contributed by atoms with van der Waals surface area (Å²) in [6.45, 7) is 8.25. The lowest BCUT2D eigenvalue weighted by Crippen LogP contribution is -2.15. The molecule has 1 aromatic heterocycles. The molecule has 2 rings (SSSR count). The van der Waals surface area contributed by atoms with Crippen LogP contribution >= 0.6 is 0 Å². The topological polar surface area (TPSA) is 50.9 Å². The lowest BCUT2D eigenvalue weighted by atomic mass is 10.1. The molecule has 4 nitrogen and oxygen atoms in total. The van der Waals surface area contributed by atoms with Crippen molar-refractivity contribution >= 4 is 0 Å². The van der Waals surface area contributed by atoms with Gasteiger partial charge in [-0.2, -0.15) is 0 Å². The first kappa shape index (κ1) is 12.8. The first-order chi connectivity index (χ1) is 8.34. The van der Waals surface area contributed by atoms with Crippen molar-refractivity contribution < 1.29 is 5.11 Å². The average Bonchev–Trinajstić information content (AvgIpc) is 2.63. The van der Waals surface area contributed by atoms with E-state index in [-0.39, 0.29) is 0 Å². The van der Waals surface area contributed by atoms with Crippen molar-refractivity contribution in [2.45, 2.75) is 39.8 Å². The third kappa shape index (κ3) is 2.96. The van der Waals surface area contributed by atoms with E-state index in [9.17, 15) is 5.11 Å². The smallest absolute Gasteiger partial charge is 0.114 e. The molecule has 0 unspecified atom stereocenters. The first-order valence-corrected chi connectivity index (χ1v) is 6.05. The van der Waals surface area contributed by atoms with Crippen LogP contribution in [0.2, 0.25) is 0 Å². The van der Waals surface area contributed by atoms with Crippen LogP contribution in [0.25, 0.3) is 0 Å². The van der Waals surface area contributed by atoms with E-state index in [0.29, 0.717) is 12.2 Å². The summed E-state index contributed by atoms with van der Waals surface area (Å²) in [6, 6.07) is 6.42. The molecule has 96 valence electrons. The van der Waals surface area contributed by atoms with Crippen molar-refractivity contribution in [2.24, 2.45) is 0 Å². The van der Waals surface area contributed by atoms with Gasteiger partial charge in [-0.25, -0.2) is 4.68 Å². The summed E-state index contributed by atoms with van der Waals surface area (Å²) < 4.78 is 1.75. The van der Waals surface area contributed by atoms with E-state index in [1.54, 1.807) is 24.7 Å². The van der Waals surface area contributed by atoms with Crippen molar-refractivity contribution in [3.05, 3.63) is 46.8 Å². The van der Waals surface area contributed by atoms with Gasteiger partial charge in [0.1, 0.15) is 11.3 Å². The molecule has 2 aromatic rings. The third-order valence-corrected chi connectivity index (χ3v) is 2.79. The molecule has 0 amide bonds. The van der Waals surface area contributed by atoms with E-state index in [0.717, 1.165) is 0 Å². The van der Waals surface area contributed by atoms with Gasteiger partial charge >= 0.3 is 0 Å². The molecule has 0 radical (unpaired) electrons. The summed E-state index contributed by atoms with van der Waals surface area (Å²) in [7, 11) is 0. The maximum atomic E-state index is 9.84. The highest BCUT2D eigenvalue weighted by Gasteiger charge is 2.19. The Bertz CT molecular complexity index is 532. The molecule has 1 heterocycles. The second-order valence-corrected chi connectivity index (χ2v) is 5.36. The summed E-state index contributed by atoms with van der Waals surface area (Å²) in [5.41, 5.74) is 3.33. The quantitative estimate of drug-likeness (QED) is 0.901. The van der Waals surface area contributed by atoms with Gasteiger partial charge in [0.2, 0.25) is 0 Å². The zero-order chi connectivity index (χ0) is 13.3. The van der Waals surface area contributed by atoms with Gasteiger partial charge in [-0.05, 0) is 33.3 Å². The Hall–Kier alpha value is -1.68. The number of aryl methyl sites for hydroxylation is 2. The van der Waals surface area contributed by atoms with Gasteiger partial charge in [0.15, 0.2) is 0 Å². The van der Waals surface area contributed by atoms with Gasteiger partial charge in [0.05, 0.1) is 12.7 Å². The Labute approximate surface area is 107 Å². The predicted octanol–water partition coefficient (Wildman–Crippen LogP) is 2.17. The molecule has 0 bridgehead atoms. The Morgan fingerprint density at radius 3 is 2.28 bits per heavy atom. The number of aliphatic hydroxyl groups is 1. The number of hydrogen-bond donors (Lipinski definition) is 1. The van der Waals surface area contributed by atoms with Gasteiger partial charge in [-0.3, -0.25) is 0 Å². The molecular weight excluding hydrogens is 226 g/mol. The maximum absolute atomic E-state index is 9.84. The standard InChI is InChI=1S/C14H19N3O/c1-10-5-11(2)7-12(6-10)8-17-9-13(15-16-17)14(3,4)18/h5-7,9,18H,8H2,1-4H3. The Kier molecular flexibility index (Phi) is 3.22. The average molecular weight is 245 g/mol. The highest BCUT2D eigenvalue weighted by molar-refractivity contribution is 5.28. The van der Waals surface area contributed by atoms with E-state index in [1.807, 2.05) is 0 Å². The summed E-state index contributed by atoms with van der Waals surface area (Å²) in [6.07, 6.45) is 1.79. The highest BCUT2D eigenvalue weighted by atomic mass is 16.3. The van der Waals surface area contributed by atoms with Gasteiger partial charge < -0.3 is 5.11 Å². The van der Waals surface area contributed by atoms with Crippen LogP contribution in [0.5, 0.6) is 0 Å². The normalized spacial score (nSPS) is 11.8. The SMILES string of the molecule is Cc1cc(C)cc(Cn2cc(C(C)(C)O)nn2)c1. The van der Waals surface area contributed by atoms with Crippen LogP contribution in [0.15, 0.2) is 24.4 Å². The van der Waals surface area contributed by atoms with Gasteiger partial charge in [0, 0.05) is 0 Å². The number of aromatic nitrogens is 3. The van der Waals surface area contributed by atoms with Crippen molar-refractivity contribution in [1.29, 1.82) is 0 Å². The van der Waals surface area contributed by atoms with Crippen molar-refractivity contribution in [1.82, 2.24) is 15.0 Å². The molecule has 0 spiro atoms. The number of benzene rings is 1. The third-order valence-electron chi connectivity index (χ3n) is 2.79. The van der Waals surface area contributed by atoms with E-state index in [1.165, 1.54) is 16.7 Å². The lowest BCUT2D eigenvalue weighted by Gasteiger charge is -2.11. The van der Waals surface area contributed by atoms with Crippen LogP contribution in [0.1, 0.15) is 36.2 Å². The fraction of sp³-hybridized carbons (Fsp3) is 0.429. The van der Waals surface area contributed by atoms with E-state index < -0.39 is 5.60 Å². The molecule has 0 fully saturated rings. The van der Waals surface area contributed by atoms with E-state index in [4.69, 9.17) is 0 Å². The minimum absolute atomic E-state index is 0.590. The fourth-order valence-electron chi connectivity index (χ4n) is 2.00. The molecule has 1 aromatic carbocycles. The maximum Gasteiger partial charge on any atom is 0.114 e. The number of rotatable bonds is 3. The minimum atomic E-state index is -0.944. The summed E-state index contributed by atoms with van der Waals surface area (Å²) in [4.78, 5) is 0. The van der Waals surface area contributed by atoms with E-state index >= 15 is 0 Å². The molecule has 0 atom stereocenters. The second kappa shape index (κ2) is 4.53. The van der Waals surface area contributed by atoms with Crippen LogP contribution < -0.4 is 0 Å². The minimum Gasteiger partial charge on any atom is -0.384 e. The molecule has 4 heteroatoms. The molecule has 0 saturated carbocycles. The van der Waals surface area contributed by atoms with Crippen LogP contribution in [-0.4, -0.2) is 20.1 Å². The second-order valence-electron chi connectivity index (χ2n) is 5.36. The molecule has 0 aliphatic rings. The summed E-state index contributed by atoms with van der Waals surface area (Å²) in [5, 5.41) is 17.9. The Morgan fingerprint density at radius 1 is 1.17 bits per heavy atom. The van der Waals surface area contributed by atoms with Crippen LogP contribution in [0.4, 0.5) is 0 Å². The zero-order valence-electron chi connectivity index (χ0n) is 11.3. The van der Waals surface area contributed by atoms with E-state index in [2.05, 4.69) is 42.4 Å². The van der Waals surface area contributed by atoms with Crippen molar-refractivity contribution in [3.63, 3.8) is 0 Å². The lowest BCUT2D eigenvalue weighted by molar-refractivity contribution is 0.0737. The molecule has 18 heavy (non-hydrogen) atoms. The molecular formula is C14H19N3O.